The van der Waals surface area contributed by atoms with E-state index in [1.54, 1.807) is 13.2 Å². The Hall–Kier alpha value is -3.39. The number of hydrogen-bond donors (Lipinski definition) is 3. The first kappa shape index (κ1) is 25.2. The second kappa shape index (κ2) is 11.7. The average Bonchev–Trinajstić information content (AvgIpc) is 2.81. The first-order chi connectivity index (χ1) is 16.3. The fourth-order valence-electron chi connectivity index (χ4n) is 4.33. The van der Waals surface area contributed by atoms with Crippen LogP contribution in [0.25, 0.3) is 0 Å². The van der Waals surface area contributed by atoms with Crippen molar-refractivity contribution in [1.82, 2.24) is 10.2 Å². The third kappa shape index (κ3) is 6.81. The van der Waals surface area contributed by atoms with Crippen molar-refractivity contribution in [2.45, 2.75) is 33.6 Å². The van der Waals surface area contributed by atoms with Crippen molar-refractivity contribution in [2.75, 3.05) is 43.9 Å². The first-order valence-corrected chi connectivity index (χ1v) is 11.6. The second-order valence-electron chi connectivity index (χ2n) is 8.84. The highest BCUT2D eigenvalue weighted by Gasteiger charge is 2.26. The van der Waals surface area contributed by atoms with E-state index in [2.05, 4.69) is 16.0 Å². The lowest BCUT2D eigenvalue weighted by molar-refractivity contribution is -0.125. The Morgan fingerprint density at radius 3 is 2.26 bits per heavy atom. The van der Waals surface area contributed by atoms with E-state index in [4.69, 9.17) is 4.74 Å². The molecule has 0 aliphatic carbocycles. The molecule has 1 aliphatic rings. The quantitative estimate of drug-likeness (QED) is 0.555. The zero-order chi connectivity index (χ0) is 24.7. The predicted molar refractivity (Wildman–Crippen MR) is 133 cm³/mol. The molecule has 0 saturated carbocycles. The maximum absolute atomic E-state index is 12.6. The van der Waals surface area contributed by atoms with Gasteiger partial charge in [0.15, 0.2) is 0 Å². The minimum atomic E-state index is -0.255. The van der Waals surface area contributed by atoms with Gasteiger partial charge in [-0.05, 0) is 70.0 Å². The summed E-state index contributed by atoms with van der Waals surface area (Å²) >= 11 is 0. The van der Waals surface area contributed by atoms with Crippen LogP contribution in [-0.2, 0) is 14.4 Å². The van der Waals surface area contributed by atoms with Crippen LogP contribution in [0, 0.1) is 26.7 Å². The Balaban J connectivity index is 1.40. The normalized spacial score (nSPS) is 14.4. The van der Waals surface area contributed by atoms with E-state index in [0.29, 0.717) is 37.4 Å². The lowest BCUT2D eigenvalue weighted by atomic mass is 9.95. The van der Waals surface area contributed by atoms with Crippen LogP contribution in [0.15, 0.2) is 36.4 Å². The lowest BCUT2D eigenvalue weighted by Gasteiger charge is -2.30. The van der Waals surface area contributed by atoms with Crippen molar-refractivity contribution in [3.63, 3.8) is 0 Å². The van der Waals surface area contributed by atoms with Crippen LogP contribution in [0.1, 0.15) is 29.5 Å². The summed E-state index contributed by atoms with van der Waals surface area (Å²) < 4.78 is 5.29. The molecule has 1 fully saturated rings. The summed E-state index contributed by atoms with van der Waals surface area (Å²) in [5.74, 6) is 0.0178. The number of piperidine rings is 1. The van der Waals surface area contributed by atoms with Gasteiger partial charge in [0.25, 0.3) is 0 Å². The zero-order valence-corrected chi connectivity index (χ0v) is 20.4. The summed E-state index contributed by atoms with van der Waals surface area (Å²) in [6.07, 6.45) is 1.33. The molecular formula is C26H34N4O4. The molecule has 2 aromatic rings. The molecule has 3 rings (SSSR count). The highest BCUT2D eigenvalue weighted by Crippen LogP contribution is 2.26. The number of rotatable bonds is 8. The third-order valence-electron chi connectivity index (χ3n) is 6.08. The highest BCUT2D eigenvalue weighted by atomic mass is 16.5. The Morgan fingerprint density at radius 2 is 1.62 bits per heavy atom. The molecule has 0 unspecified atom stereocenters. The van der Waals surface area contributed by atoms with Crippen LogP contribution in [0.4, 0.5) is 11.4 Å². The van der Waals surface area contributed by atoms with Crippen molar-refractivity contribution in [1.29, 1.82) is 0 Å². The molecule has 0 radical (unpaired) electrons. The number of hydrogen-bond acceptors (Lipinski definition) is 5. The van der Waals surface area contributed by atoms with Gasteiger partial charge >= 0.3 is 0 Å². The van der Waals surface area contributed by atoms with Gasteiger partial charge in [0.1, 0.15) is 5.75 Å². The minimum Gasteiger partial charge on any atom is -0.495 e. The van der Waals surface area contributed by atoms with E-state index < -0.39 is 0 Å². The summed E-state index contributed by atoms with van der Waals surface area (Å²) in [5.41, 5.74) is 4.58. The van der Waals surface area contributed by atoms with Gasteiger partial charge in [-0.25, -0.2) is 0 Å². The molecule has 0 aromatic heterocycles. The van der Waals surface area contributed by atoms with Gasteiger partial charge in [-0.1, -0.05) is 29.8 Å². The number of nitrogens with zero attached hydrogens (tertiary/aromatic N) is 1. The number of nitrogens with one attached hydrogen (secondary N) is 3. The zero-order valence-electron chi connectivity index (χ0n) is 20.4. The number of para-hydroxylation sites is 2. The number of methoxy groups -OCH3 is 1. The van der Waals surface area contributed by atoms with Crippen molar-refractivity contribution < 1.29 is 19.1 Å². The molecule has 34 heavy (non-hydrogen) atoms. The third-order valence-corrected chi connectivity index (χ3v) is 6.08. The van der Waals surface area contributed by atoms with Crippen molar-refractivity contribution in [3.05, 3.63) is 53.1 Å². The average molecular weight is 467 g/mol. The number of benzene rings is 2. The molecule has 8 nitrogen and oxygen atoms in total. The molecule has 3 N–H and O–H groups in total. The van der Waals surface area contributed by atoms with Crippen LogP contribution < -0.4 is 20.7 Å². The lowest BCUT2D eigenvalue weighted by Crippen LogP contribution is -2.44. The summed E-state index contributed by atoms with van der Waals surface area (Å²) in [7, 11) is 1.57. The molecule has 1 aliphatic heterocycles. The van der Waals surface area contributed by atoms with Crippen LogP contribution in [-0.4, -0.2) is 55.9 Å². The number of carbonyl (C=O) groups is 3. The van der Waals surface area contributed by atoms with Crippen LogP contribution in [0.3, 0.4) is 0 Å². The summed E-state index contributed by atoms with van der Waals surface area (Å²) in [4.78, 5) is 39.3. The molecule has 2 aromatic carbocycles. The Morgan fingerprint density at radius 1 is 0.971 bits per heavy atom. The summed E-state index contributed by atoms with van der Waals surface area (Å²) in [5, 5.41) is 8.53. The van der Waals surface area contributed by atoms with Crippen LogP contribution in [0.5, 0.6) is 5.75 Å². The minimum absolute atomic E-state index is 0.0352. The molecule has 8 heteroatoms. The van der Waals surface area contributed by atoms with Gasteiger partial charge in [0, 0.05) is 11.6 Å². The number of likely N-dealkylation sites (tertiary alicyclic amines) is 1. The van der Waals surface area contributed by atoms with E-state index in [9.17, 15) is 14.4 Å². The maximum Gasteiger partial charge on any atom is 0.243 e. The van der Waals surface area contributed by atoms with Crippen molar-refractivity contribution >= 4 is 29.1 Å². The van der Waals surface area contributed by atoms with E-state index >= 15 is 0 Å². The Bertz CT molecular complexity index is 1020. The molecule has 1 saturated heterocycles. The highest BCUT2D eigenvalue weighted by molar-refractivity contribution is 5.96. The monoisotopic (exact) mass is 466 g/mol. The number of carbonyl (C=O) groups excluding carboxylic acids is 3. The standard InChI is InChI=1S/C26H34N4O4/c1-17-13-18(2)25(19(3)14-17)29-23(31)15-27-24(32)16-30-11-9-20(10-12-30)26(33)28-21-7-5-6-8-22(21)34-4/h5-8,13-14,20H,9-12,15-16H2,1-4H3,(H,27,32)(H,28,33)(H,29,31). The number of amides is 3. The Labute approximate surface area is 201 Å². The van der Waals surface area contributed by atoms with E-state index in [1.807, 2.05) is 56.0 Å². The van der Waals surface area contributed by atoms with Gasteiger partial charge in [0.05, 0.1) is 25.9 Å². The van der Waals surface area contributed by atoms with Gasteiger partial charge in [-0.3, -0.25) is 19.3 Å². The molecule has 0 atom stereocenters. The first-order valence-electron chi connectivity index (χ1n) is 11.6. The fourth-order valence-corrected chi connectivity index (χ4v) is 4.33. The summed E-state index contributed by atoms with van der Waals surface area (Å²) in [6, 6.07) is 11.4. The second-order valence-corrected chi connectivity index (χ2v) is 8.84. The number of aryl methyl sites for hydroxylation is 3. The van der Waals surface area contributed by atoms with Crippen molar-refractivity contribution in [2.24, 2.45) is 5.92 Å². The van der Waals surface area contributed by atoms with Crippen molar-refractivity contribution in [3.8, 4) is 5.75 Å². The molecule has 3 amide bonds. The molecular weight excluding hydrogens is 432 g/mol. The van der Waals surface area contributed by atoms with E-state index in [0.717, 1.165) is 22.4 Å². The van der Waals surface area contributed by atoms with Gasteiger partial charge in [0.2, 0.25) is 17.7 Å². The molecule has 0 bridgehead atoms. The van der Waals surface area contributed by atoms with Gasteiger partial charge < -0.3 is 20.7 Å². The molecule has 1 heterocycles. The number of ether oxygens (including phenoxy) is 1. The SMILES string of the molecule is COc1ccccc1NC(=O)C1CCN(CC(=O)NCC(=O)Nc2c(C)cc(C)cc2C)CC1. The fraction of sp³-hybridized carbons (Fsp3) is 0.423. The largest absolute Gasteiger partial charge is 0.495 e. The van der Waals surface area contributed by atoms with Gasteiger partial charge in [-0.15, -0.1) is 0 Å². The number of anilines is 2. The molecule has 0 spiro atoms. The van der Waals surface area contributed by atoms with Crippen LogP contribution >= 0.6 is 0 Å². The smallest absolute Gasteiger partial charge is 0.243 e. The van der Waals surface area contributed by atoms with Gasteiger partial charge in [-0.2, -0.15) is 0 Å². The maximum atomic E-state index is 12.6. The van der Waals surface area contributed by atoms with E-state index in [-0.39, 0.29) is 36.7 Å². The van der Waals surface area contributed by atoms with E-state index in [1.165, 1.54) is 0 Å². The summed E-state index contributed by atoms with van der Waals surface area (Å²) in [6.45, 7) is 7.33. The molecule has 182 valence electrons. The van der Waals surface area contributed by atoms with Crippen LogP contribution in [0.2, 0.25) is 0 Å². The topological polar surface area (TPSA) is 99.8 Å². The Kier molecular flexibility index (Phi) is 8.65. The predicted octanol–water partition coefficient (Wildman–Crippen LogP) is 3.03.